The number of nitrogens with one attached hydrogen (secondary N) is 1. The highest BCUT2D eigenvalue weighted by molar-refractivity contribution is 7.58. The Labute approximate surface area is 145 Å². The van der Waals surface area contributed by atoms with Crippen LogP contribution in [0.5, 0.6) is 0 Å². The highest BCUT2D eigenvalue weighted by atomic mass is 31.2. The van der Waals surface area contributed by atoms with Crippen molar-refractivity contribution in [3.8, 4) is 0 Å². The zero-order valence-corrected chi connectivity index (χ0v) is 15.5. The molecule has 1 heterocycles. The average Bonchev–Trinajstić information content (AvgIpc) is 2.55. The molecule has 0 amide bonds. The quantitative estimate of drug-likeness (QED) is 0.791. The van der Waals surface area contributed by atoms with E-state index < -0.39 is 7.37 Å². The Kier molecular flexibility index (Phi) is 6.15. The first-order chi connectivity index (χ1) is 11.5. The molecule has 2 aliphatic rings. The van der Waals surface area contributed by atoms with Gasteiger partial charge in [0.25, 0.3) is 0 Å². The fourth-order valence-electron chi connectivity index (χ4n) is 4.01. The summed E-state index contributed by atoms with van der Waals surface area (Å²) >= 11 is 0. The van der Waals surface area contributed by atoms with Gasteiger partial charge in [0.05, 0.1) is 24.9 Å². The van der Waals surface area contributed by atoms with Crippen LogP contribution >= 0.6 is 7.37 Å². The average molecular weight is 351 g/mol. The van der Waals surface area contributed by atoms with Crippen LogP contribution in [-0.2, 0) is 9.30 Å². The summed E-state index contributed by atoms with van der Waals surface area (Å²) in [6.45, 7) is 3.30. The second-order valence-corrected chi connectivity index (χ2v) is 9.97. The van der Waals surface area contributed by atoms with Crippen LogP contribution < -0.4 is 5.32 Å². The van der Waals surface area contributed by atoms with E-state index in [1.54, 1.807) is 0 Å². The van der Waals surface area contributed by atoms with Gasteiger partial charge >= 0.3 is 0 Å². The van der Waals surface area contributed by atoms with Crippen LogP contribution in [0.1, 0.15) is 49.3 Å². The maximum Gasteiger partial charge on any atom is 0.203 e. The van der Waals surface area contributed by atoms with Crippen LogP contribution in [0.15, 0.2) is 24.3 Å². The Bertz CT molecular complexity index is 578. The number of hydrogen-bond donors (Lipinski definition) is 2. The van der Waals surface area contributed by atoms with Crippen molar-refractivity contribution in [2.24, 2.45) is 5.92 Å². The first kappa shape index (κ1) is 18.1. The van der Waals surface area contributed by atoms with Gasteiger partial charge in [-0.2, -0.15) is 0 Å². The molecular formula is C19H30NO3P. The molecule has 1 aromatic rings. The molecule has 24 heavy (non-hydrogen) atoms. The van der Waals surface area contributed by atoms with E-state index in [1.165, 1.54) is 30.4 Å². The molecule has 134 valence electrons. The summed E-state index contributed by atoms with van der Waals surface area (Å²) in [5.74, 6) is 0.436. The fraction of sp³-hybridized carbons (Fsp3) is 0.684. The molecule has 1 aromatic carbocycles. The summed E-state index contributed by atoms with van der Waals surface area (Å²) in [5.41, 5.74) is 2.46. The van der Waals surface area contributed by atoms with Gasteiger partial charge in [0, 0.05) is 12.7 Å². The van der Waals surface area contributed by atoms with Crippen molar-refractivity contribution in [2.75, 3.05) is 25.5 Å². The molecule has 5 heteroatoms. The highest BCUT2D eigenvalue weighted by Gasteiger charge is 2.31. The van der Waals surface area contributed by atoms with Gasteiger partial charge in [-0.15, -0.1) is 0 Å². The Morgan fingerprint density at radius 2 is 2.04 bits per heavy atom. The first-order valence-corrected chi connectivity index (χ1v) is 11.3. The minimum atomic E-state index is -3.09. The van der Waals surface area contributed by atoms with Gasteiger partial charge in [0.2, 0.25) is 7.37 Å². The summed E-state index contributed by atoms with van der Waals surface area (Å²) in [4.78, 5) is 10.4. The van der Waals surface area contributed by atoms with Crippen LogP contribution in [0, 0.1) is 12.8 Å². The third kappa shape index (κ3) is 5.16. The standard InChI is InChI=1S/C19H30NO3P/c1-15-6-5-9-17(10-15)19-12-23-18(11-20-19)14-24(21,22)13-16-7-3-2-4-8-16/h5-6,9-10,16,18-20H,2-4,7-8,11-14H2,1H3,(H,21,22). The van der Waals surface area contributed by atoms with E-state index in [9.17, 15) is 9.46 Å². The van der Waals surface area contributed by atoms with Gasteiger partial charge in [-0.1, -0.05) is 49.1 Å². The second kappa shape index (κ2) is 8.14. The predicted molar refractivity (Wildman–Crippen MR) is 97.8 cm³/mol. The van der Waals surface area contributed by atoms with Gasteiger partial charge in [0.15, 0.2) is 0 Å². The van der Waals surface area contributed by atoms with Crippen LogP contribution in [0.3, 0.4) is 0 Å². The van der Waals surface area contributed by atoms with E-state index in [1.807, 2.05) is 0 Å². The molecule has 1 aliphatic carbocycles. The zero-order chi connectivity index (χ0) is 17.0. The van der Waals surface area contributed by atoms with E-state index in [0.29, 0.717) is 25.2 Å². The normalized spacial score (nSPS) is 28.4. The molecule has 0 spiro atoms. The summed E-state index contributed by atoms with van der Waals surface area (Å²) < 4.78 is 18.5. The minimum Gasteiger partial charge on any atom is -0.374 e. The SMILES string of the molecule is Cc1cccc(C2COC(CP(=O)(O)CC3CCCCC3)CN2)c1. The molecule has 3 unspecified atom stereocenters. The summed E-state index contributed by atoms with van der Waals surface area (Å²) in [6.07, 6.45) is 6.56. The summed E-state index contributed by atoms with van der Waals surface area (Å²) in [6, 6.07) is 8.60. The summed E-state index contributed by atoms with van der Waals surface area (Å²) in [5, 5.41) is 3.48. The molecular weight excluding hydrogens is 321 g/mol. The Hall–Kier alpha value is -0.670. The molecule has 3 atom stereocenters. The maximum absolute atomic E-state index is 12.6. The van der Waals surface area contributed by atoms with Crippen molar-refractivity contribution in [3.05, 3.63) is 35.4 Å². The lowest BCUT2D eigenvalue weighted by Crippen LogP contribution is -2.43. The summed E-state index contributed by atoms with van der Waals surface area (Å²) in [7, 11) is -3.09. The number of ether oxygens (including phenoxy) is 1. The zero-order valence-electron chi connectivity index (χ0n) is 14.6. The van der Waals surface area contributed by atoms with Crippen molar-refractivity contribution < 1.29 is 14.2 Å². The van der Waals surface area contributed by atoms with E-state index in [0.717, 1.165) is 12.8 Å². The van der Waals surface area contributed by atoms with Crippen molar-refractivity contribution >= 4 is 7.37 Å². The molecule has 1 saturated carbocycles. The number of rotatable bonds is 5. The Balaban J connectivity index is 1.48. The van der Waals surface area contributed by atoms with Crippen LogP contribution in [0.2, 0.25) is 0 Å². The molecule has 1 saturated heterocycles. The predicted octanol–water partition coefficient (Wildman–Crippen LogP) is 3.88. The molecule has 2 fully saturated rings. The lowest BCUT2D eigenvalue weighted by molar-refractivity contribution is 0.0156. The van der Waals surface area contributed by atoms with Crippen LogP contribution in [0.4, 0.5) is 0 Å². The van der Waals surface area contributed by atoms with E-state index in [-0.39, 0.29) is 18.3 Å². The Morgan fingerprint density at radius 3 is 2.71 bits per heavy atom. The minimum absolute atomic E-state index is 0.148. The molecule has 3 rings (SSSR count). The van der Waals surface area contributed by atoms with Gasteiger partial charge in [-0.25, -0.2) is 0 Å². The molecule has 2 N–H and O–H groups in total. The molecule has 0 aromatic heterocycles. The largest absolute Gasteiger partial charge is 0.374 e. The van der Waals surface area contributed by atoms with Crippen LogP contribution in [0.25, 0.3) is 0 Å². The second-order valence-electron chi connectivity index (χ2n) is 7.55. The number of hydrogen-bond acceptors (Lipinski definition) is 3. The van der Waals surface area contributed by atoms with Crippen LogP contribution in [-0.4, -0.2) is 36.5 Å². The lowest BCUT2D eigenvalue weighted by Gasteiger charge is -2.32. The molecule has 0 radical (unpaired) electrons. The molecule has 4 nitrogen and oxygen atoms in total. The molecule has 0 bridgehead atoms. The van der Waals surface area contributed by atoms with E-state index in [2.05, 4.69) is 36.5 Å². The fourth-order valence-corrected chi connectivity index (χ4v) is 6.20. The van der Waals surface area contributed by atoms with Gasteiger partial charge in [0.1, 0.15) is 0 Å². The lowest BCUT2D eigenvalue weighted by atomic mass is 9.91. The van der Waals surface area contributed by atoms with Crippen molar-refractivity contribution in [1.29, 1.82) is 0 Å². The molecule has 1 aliphatic heterocycles. The highest BCUT2D eigenvalue weighted by Crippen LogP contribution is 2.46. The van der Waals surface area contributed by atoms with Gasteiger partial charge in [-0.05, 0) is 31.2 Å². The van der Waals surface area contributed by atoms with Crippen molar-refractivity contribution in [3.63, 3.8) is 0 Å². The third-order valence-corrected chi connectivity index (χ3v) is 7.36. The first-order valence-electron chi connectivity index (χ1n) is 9.24. The third-order valence-electron chi connectivity index (χ3n) is 5.29. The van der Waals surface area contributed by atoms with E-state index >= 15 is 0 Å². The Morgan fingerprint density at radius 1 is 1.25 bits per heavy atom. The number of aryl methyl sites for hydroxylation is 1. The maximum atomic E-state index is 12.6. The number of benzene rings is 1. The monoisotopic (exact) mass is 351 g/mol. The number of morpholine rings is 1. The van der Waals surface area contributed by atoms with Gasteiger partial charge in [-0.3, -0.25) is 4.57 Å². The smallest absolute Gasteiger partial charge is 0.203 e. The topological polar surface area (TPSA) is 58.6 Å². The van der Waals surface area contributed by atoms with Crippen molar-refractivity contribution in [1.82, 2.24) is 5.32 Å². The van der Waals surface area contributed by atoms with E-state index in [4.69, 9.17) is 4.74 Å². The van der Waals surface area contributed by atoms with Gasteiger partial charge < -0.3 is 14.9 Å². The van der Waals surface area contributed by atoms with Crippen molar-refractivity contribution in [2.45, 2.75) is 51.2 Å².